The van der Waals surface area contributed by atoms with Crippen LogP contribution in [0.2, 0.25) is 0 Å². The highest BCUT2D eigenvalue weighted by atomic mass is 19.1. The van der Waals surface area contributed by atoms with Gasteiger partial charge >= 0.3 is 0 Å². The highest BCUT2D eigenvalue weighted by Crippen LogP contribution is 2.25. The number of amides is 1. The molecule has 0 atom stereocenters. The van der Waals surface area contributed by atoms with Crippen LogP contribution in [0.1, 0.15) is 22.3 Å². The molecule has 0 aliphatic heterocycles. The first kappa shape index (κ1) is 17.4. The van der Waals surface area contributed by atoms with Gasteiger partial charge in [-0.05, 0) is 31.5 Å². The number of aryl methyl sites for hydroxylation is 1. The van der Waals surface area contributed by atoms with Crippen molar-refractivity contribution in [1.82, 2.24) is 4.98 Å². The van der Waals surface area contributed by atoms with E-state index in [-0.39, 0.29) is 35.0 Å². The fourth-order valence-electron chi connectivity index (χ4n) is 1.95. The number of nitrogens with two attached hydrogens (primary N) is 1. The van der Waals surface area contributed by atoms with Crippen LogP contribution in [0.3, 0.4) is 0 Å². The second-order valence-corrected chi connectivity index (χ2v) is 5.03. The van der Waals surface area contributed by atoms with E-state index >= 15 is 0 Å². The largest absolute Gasteiger partial charge is 0.490 e. The average molecular weight is 333 g/mol. The summed E-state index contributed by atoms with van der Waals surface area (Å²) in [6, 6.07) is 5.63. The van der Waals surface area contributed by atoms with Crippen molar-refractivity contribution in [3.8, 4) is 5.75 Å². The first-order valence-electron chi connectivity index (χ1n) is 7.20. The Hall–Kier alpha value is -2.96. The zero-order chi connectivity index (χ0) is 17.7. The molecule has 1 amide bonds. The van der Waals surface area contributed by atoms with Crippen LogP contribution in [0.4, 0.5) is 20.3 Å². The topological polar surface area (TPSA) is 77.2 Å². The molecule has 1 aromatic carbocycles. The molecule has 24 heavy (non-hydrogen) atoms. The summed E-state index contributed by atoms with van der Waals surface area (Å²) in [7, 11) is 0. The van der Waals surface area contributed by atoms with Gasteiger partial charge in [-0.1, -0.05) is 12.1 Å². The fourth-order valence-corrected chi connectivity index (χ4v) is 1.95. The first-order chi connectivity index (χ1) is 11.4. The van der Waals surface area contributed by atoms with Crippen LogP contribution in [0.5, 0.6) is 5.75 Å². The van der Waals surface area contributed by atoms with Gasteiger partial charge < -0.3 is 15.8 Å². The van der Waals surface area contributed by atoms with Gasteiger partial charge in [0.2, 0.25) is 5.95 Å². The van der Waals surface area contributed by atoms with Gasteiger partial charge in [-0.15, -0.1) is 6.58 Å². The predicted molar refractivity (Wildman–Crippen MR) is 88.0 cm³/mol. The van der Waals surface area contributed by atoms with Crippen molar-refractivity contribution in [3.63, 3.8) is 0 Å². The number of aromatic nitrogens is 1. The van der Waals surface area contributed by atoms with Crippen molar-refractivity contribution in [3.05, 3.63) is 59.8 Å². The third kappa shape index (κ3) is 3.87. The molecule has 0 spiro atoms. The fraction of sp³-hybridized carbons (Fsp3) is 0.176. The molecule has 0 aliphatic rings. The van der Waals surface area contributed by atoms with Gasteiger partial charge in [0, 0.05) is 5.56 Å². The van der Waals surface area contributed by atoms with Crippen molar-refractivity contribution in [1.29, 1.82) is 0 Å². The van der Waals surface area contributed by atoms with Crippen LogP contribution < -0.4 is 15.8 Å². The van der Waals surface area contributed by atoms with Gasteiger partial charge in [0.25, 0.3) is 5.91 Å². The number of pyridine rings is 1. The lowest BCUT2D eigenvalue weighted by Gasteiger charge is -2.12. The Morgan fingerprint density at radius 2 is 2.21 bits per heavy atom. The smallest absolute Gasteiger partial charge is 0.259 e. The van der Waals surface area contributed by atoms with Gasteiger partial charge in [0.1, 0.15) is 5.82 Å². The Kier molecular flexibility index (Phi) is 5.47. The maximum Gasteiger partial charge on any atom is 0.259 e. The molecular weight excluding hydrogens is 316 g/mol. The zero-order valence-corrected chi connectivity index (χ0v) is 13.1. The number of ether oxygens (including phenoxy) is 1. The Bertz CT molecular complexity index is 779. The number of carbonyl (C=O) groups is 1. The summed E-state index contributed by atoms with van der Waals surface area (Å²) in [5.74, 6) is -2.41. The number of carbonyl (C=O) groups excluding carboxylic acids is 1. The molecule has 2 aromatic rings. The number of nitrogens with zero attached hydrogens (tertiary/aromatic N) is 1. The maximum absolute atomic E-state index is 14.3. The van der Waals surface area contributed by atoms with E-state index in [1.54, 1.807) is 12.1 Å². The van der Waals surface area contributed by atoms with Crippen LogP contribution in [0.25, 0.3) is 0 Å². The molecule has 1 heterocycles. The molecule has 0 radical (unpaired) electrons. The number of nitrogens with one attached hydrogen (secondary N) is 1. The standard InChI is InChI=1S/C17H17F2N3O2/c1-3-4-8-24-13-7-5-6-12(14(13)18)21-17(23)11-9-10(2)15(19)22-16(11)20/h3,5-7,9H,1,4,8H2,2H3,(H2,20,22)(H,21,23). The summed E-state index contributed by atoms with van der Waals surface area (Å²) in [5, 5.41) is 2.39. The number of halogens is 2. The van der Waals surface area contributed by atoms with Gasteiger partial charge in [-0.3, -0.25) is 4.79 Å². The molecule has 0 aliphatic carbocycles. The number of benzene rings is 1. The normalized spacial score (nSPS) is 10.3. The number of hydrogen-bond donors (Lipinski definition) is 2. The van der Waals surface area contributed by atoms with Crippen molar-refractivity contribution < 1.29 is 18.3 Å². The minimum Gasteiger partial charge on any atom is -0.490 e. The molecule has 2 rings (SSSR count). The van der Waals surface area contributed by atoms with Crippen molar-refractivity contribution >= 4 is 17.4 Å². The summed E-state index contributed by atoms with van der Waals surface area (Å²) in [4.78, 5) is 15.7. The van der Waals surface area contributed by atoms with Crippen molar-refractivity contribution in [2.75, 3.05) is 17.7 Å². The molecule has 0 fully saturated rings. The van der Waals surface area contributed by atoms with Gasteiger partial charge in [-0.25, -0.2) is 9.37 Å². The van der Waals surface area contributed by atoms with E-state index in [9.17, 15) is 13.6 Å². The second-order valence-electron chi connectivity index (χ2n) is 5.03. The molecule has 0 saturated heterocycles. The lowest BCUT2D eigenvalue weighted by Crippen LogP contribution is -2.17. The Morgan fingerprint density at radius 1 is 1.46 bits per heavy atom. The minimum absolute atomic E-state index is 0.0102. The number of anilines is 2. The van der Waals surface area contributed by atoms with Crippen LogP contribution in [-0.2, 0) is 0 Å². The van der Waals surface area contributed by atoms with Gasteiger partial charge in [0.05, 0.1) is 17.9 Å². The van der Waals surface area contributed by atoms with E-state index in [1.165, 1.54) is 25.1 Å². The Balaban J connectivity index is 2.22. The highest BCUT2D eigenvalue weighted by Gasteiger charge is 2.17. The maximum atomic E-state index is 14.3. The van der Waals surface area contributed by atoms with E-state index in [0.717, 1.165) is 0 Å². The first-order valence-corrected chi connectivity index (χ1v) is 7.20. The molecule has 7 heteroatoms. The molecule has 1 aromatic heterocycles. The molecule has 5 nitrogen and oxygen atoms in total. The lowest BCUT2D eigenvalue weighted by molar-refractivity contribution is 0.102. The summed E-state index contributed by atoms with van der Waals surface area (Å²) < 4.78 is 32.9. The SMILES string of the molecule is C=CCCOc1cccc(NC(=O)c2cc(C)c(F)nc2N)c1F. The number of nitrogen functional groups attached to an aromatic ring is 1. The quantitative estimate of drug-likeness (QED) is 0.482. The summed E-state index contributed by atoms with van der Waals surface area (Å²) in [6.07, 6.45) is 2.21. The van der Waals surface area contributed by atoms with E-state index in [1.807, 2.05) is 0 Å². The molecule has 3 N–H and O–H groups in total. The molecule has 0 unspecified atom stereocenters. The van der Waals surface area contributed by atoms with Crippen LogP contribution in [0.15, 0.2) is 36.9 Å². The second kappa shape index (κ2) is 7.54. The van der Waals surface area contributed by atoms with Crippen LogP contribution >= 0.6 is 0 Å². The number of hydrogen-bond acceptors (Lipinski definition) is 4. The van der Waals surface area contributed by atoms with E-state index in [2.05, 4.69) is 16.9 Å². The monoisotopic (exact) mass is 333 g/mol. The van der Waals surface area contributed by atoms with E-state index < -0.39 is 17.7 Å². The average Bonchev–Trinajstić information content (AvgIpc) is 2.54. The van der Waals surface area contributed by atoms with Crippen molar-refractivity contribution in [2.24, 2.45) is 0 Å². The minimum atomic E-state index is -0.757. The van der Waals surface area contributed by atoms with E-state index in [0.29, 0.717) is 6.42 Å². The highest BCUT2D eigenvalue weighted by molar-refractivity contribution is 6.07. The summed E-state index contributed by atoms with van der Waals surface area (Å²) in [5.41, 5.74) is 5.61. The molecule has 0 bridgehead atoms. The third-order valence-electron chi connectivity index (χ3n) is 3.22. The van der Waals surface area contributed by atoms with E-state index in [4.69, 9.17) is 10.5 Å². The molecule has 126 valence electrons. The van der Waals surface area contributed by atoms with Gasteiger partial charge in [0.15, 0.2) is 11.6 Å². The number of rotatable bonds is 6. The predicted octanol–water partition coefficient (Wildman–Crippen LogP) is 3.46. The molecular formula is C17H17F2N3O2. The Morgan fingerprint density at radius 3 is 2.92 bits per heavy atom. The summed E-state index contributed by atoms with van der Waals surface area (Å²) >= 11 is 0. The summed E-state index contributed by atoms with van der Waals surface area (Å²) in [6.45, 7) is 5.27. The van der Waals surface area contributed by atoms with Crippen LogP contribution in [0, 0.1) is 18.7 Å². The lowest BCUT2D eigenvalue weighted by atomic mass is 10.1. The van der Waals surface area contributed by atoms with Crippen LogP contribution in [-0.4, -0.2) is 17.5 Å². The third-order valence-corrected chi connectivity index (χ3v) is 3.22. The molecule has 0 saturated carbocycles. The Labute approximate surface area is 138 Å². The van der Waals surface area contributed by atoms with Crippen molar-refractivity contribution in [2.45, 2.75) is 13.3 Å². The zero-order valence-electron chi connectivity index (χ0n) is 13.1. The van der Waals surface area contributed by atoms with Gasteiger partial charge in [-0.2, -0.15) is 4.39 Å².